The van der Waals surface area contributed by atoms with Crippen LogP contribution in [0.1, 0.15) is 104 Å². The number of nitrogens with zero attached hydrogens (tertiary/aromatic N) is 10. The zero-order valence-electron chi connectivity index (χ0n) is 37.2. The predicted octanol–water partition coefficient (Wildman–Crippen LogP) is 4.88. The van der Waals surface area contributed by atoms with Crippen molar-refractivity contribution in [3.8, 4) is 0 Å². The van der Waals surface area contributed by atoms with Gasteiger partial charge >= 0.3 is 5.69 Å². The quantitative estimate of drug-likeness (QED) is 0.108. The van der Waals surface area contributed by atoms with Crippen molar-refractivity contribution in [1.82, 2.24) is 48.6 Å². The molecule has 3 saturated heterocycles. The number of nitrogens with two attached hydrogens (primary N) is 1. The van der Waals surface area contributed by atoms with Crippen molar-refractivity contribution in [2.75, 3.05) is 56.5 Å². The Morgan fingerprint density at radius 3 is 2.55 bits per heavy atom. The topological polar surface area (TPSA) is 186 Å². The molecule has 4 fully saturated rings. The number of alkyl halides is 4. The van der Waals surface area contributed by atoms with Crippen molar-refractivity contribution in [3.05, 3.63) is 70.2 Å². The monoisotopic (exact) mass is 919 g/mol. The number of aryl methyl sites for hydroxylation is 1. The number of fused-ring (bicyclic) bond motifs is 2. The minimum absolute atomic E-state index is 0.00512. The van der Waals surface area contributed by atoms with E-state index in [0.717, 1.165) is 82.2 Å². The van der Waals surface area contributed by atoms with Crippen LogP contribution in [-0.4, -0.2) is 119 Å². The molecule has 1 saturated carbocycles. The fraction of sp³-hybridized carbons (Fsp3) is 0.578. The molecule has 9 rings (SSSR count). The molecule has 354 valence electrons. The highest BCUT2D eigenvalue weighted by Gasteiger charge is 2.40. The molecule has 3 aliphatic heterocycles. The summed E-state index contributed by atoms with van der Waals surface area (Å²) in [5.74, 6) is -3.22. The van der Waals surface area contributed by atoms with Crippen molar-refractivity contribution < 1.29 is 31.9 Å². The van der Waals surface area contributed by atoms with E-state index in [1.165, 1.54) is 38.6 Å². The number of likely N-dealkylation sites (tertiary alicyclic amines) is 1. The second-order valence-corrected chi connectivity index (χ2v) is 18.9. The third kappa shape index (κ3) is 9.46. The van der Waals surface area contributed by atoms with Crippen molar-refractivity contribution in [2.45, 2.75) is 101 Å². The summed E-state index contributed by atoms with van der Waals surface area (Å²) >= 11 is 0. The zero-order chi connectivity index (χ0) is 46.4. The van der Waals surface area contributed by atoms with Crippen LogP contribution < -0.4 is 27.0 Å². The third-order valence-electron chi connectivity index (χ3n) is 14.1. The molecule has 2 atom stereocenters. The van der Waals surface area contributed by atoms with Gasteiger partial charge in [0.05, 0.1) is 35.5 Å². The lowest BCUT2D eigenvalue weighted by Gasteiger charge is -2.36. The van der Waals surface area contributed by atoms with Crippen LogP contribution in [0.3, 0.4) is 0 Å². The van der Waals surface area contributed by atoms with E-state index >= 15 is 0 Å². The van der Waals surface area contributed by atoms with Crippen molar-refractivity contribution in [3.63, 3.8) is 0 Å². The van der Waals surface area contributed by atoms with Gasteiger partial charge in [0, 0.05) is 58.0 Å². The molecule has 1 aromatic carbocycles. The van der Waals surface area contributed by atoms with Crippen molar-refractivity contribution in [1.29, 1.82) is 0 Å². The van der Waals surface area contributed by atoms with Gasteiger partial charge in [-0.1, -0.05) is 12.1 Å². The minimum atomic E-state index is -3.00. The van der Waals surface area contributed by atoms with Crippen LogP contribution in [0.5, 0.6) is 0 Å². The van der Waals surface area contributed by atoms with E-state index < -0.39 is 54.9 Å². The normalized spacial score (nSPS) is 23.4. The van der Waals surface area contributed by atoms with E-state index in [-0.39, 0.29) is 53.3 Å². The summed E-state index contributed by atoms with van der Waals surface area (Å²) in [5, 5.41) is 13.4. The lowest BCUT2D eigenvalue weighted by atomic mass is 9.85. The van der Waals surface area contributed by atoms with Gasteiger partial charge < -0.3 is 20.9 Å². The molecule has 0 spiro atoms. The molecule has 4 aromatic heterocycles. The average molecular weight is 920 g/mol. The largest absolute Gasteiger partial charge is 0.349 e. The van der Waals surface area contributed by atoms with E-state index in [4.69, 9.17) is 5.73 Å². The molecule has 0 bridgehead atoms. The van der Waals surface area contributed by atoms with Crippen LogP contribution >= 0.6 is 0 Å². The lowest BCUT2D eigenvalue weighted by molar-refractivity contribution is -0.135. The number of imidazole rings is 1. The first-order chi connectivity index (χ1) is 31.6. The maximum Gasteiger partial charge on any atom is 0.329 e. The number of carbonyl (C=O) groups excluding carboxylic acids is 3. The van der Waals surface area contributed by atoms with E-state index in [2.05, 4.69) is 42.7 Å². The lowest BCUT2D eigenvalue weighted by Crippen LogP contribution is -2.52. The second kappa shape index (κ2) is 18.5. The van der Waals surface area contributed by atoms with Crippen LogP contribution in [0.25, 0.3) is 16.7 Å². The van der Waals surface area contributed by atoms with Gasteiger partial charge in [-0.25, -0.2) is 31.9 Å². The van der Waals surface area contributed by atoms with Gasteiger partial charge in [0.2, 0.25) is 11.8 Å². The van der Waals surface area contributed by atoms with Crippen LogP contribution in [0.15, 0.2) is 47.7 Å². The third-order valence-corrected chi connectivity index (χ3v) is 14.1. The maximum absolute atomic E-state index is 14.3. The summed E-state index contributed by atoms with van der Waals surface area (Å²) in [5.41, 5.74) is 7.62. The molecule has 21 heteroatoms. The molecular weight excluding hydrogens is 863 g/mol. The molecule has 1 unspecified atom stereocenters. The van der Waals surface area contributed by atoms with E-state index in [0.29, 0.717) is 30.3 Å². The Morgan fingerprint density at radius 1 is 1.05 bits per heavy atom. The number of hydrogen-bond donors (Lipinski definition) is 3. The standard InChI is InChI=1S/C45H57F4N13O4/c1-56(16-12-27-13-17-58(18-14-27)23-29-4-3-5-34-39(29)57(2)44(66)62(34)35-10-11-37(63)54-43(35)65)22-28-6-8-31(9-7-28)61-25-33(38(55-61)40(46)47)52-42(64)32-21-51-60-19-15-36(53-41(32)60)59-24-30(50)20-45(48,49)26-59/h3-5,15,19,21,25,27-28,30-31,35,40H,6-14,16-18,20,22-24,26,50H2,1-2H3,(H,52,64)(H,54,63,65)/t28-,30-,31-,35?/m1/s1. The number of halogens is 4. The van der Waals surface area contributed by atoms with Crippen LogP contribution in [0.4, 0.5) is 29.1 Å². The number of rotatable bonds is 13. The summed E-state index contributed by atoms with van der Waals surface area (Å²) in [6.07, 6.45) is 7.95. The van der Waals surface area contributed by atoms with Crippen LogP contribution in [-0.2, 0) is 23.2 Å². The van der Waals surface area contributed by atoms with Gasteiger partial charge in [0.1, 0.15) is 17.4 Å². The summed E-state index contributed by atoms with van der Waals surface area (Å²) < 4.78 is 63.3. The molecule has 5 aromatic rings. The van der Waals surface area contributed by atoms with Gasteiger partial charge in [-0.2, -0.15) is 10.2 Å². The SMILES string of the molecule is CN(CCC1CCN(Cc2cccc3c2n(C)c(=O)n3C2CCC(=O)NC2=O)CC1)C[C@H]1CC[C@H](n2cc(NC(=O)c3cnn4ccc(N5C[C@H](N)CC(F)(F)C5)nc34)c(C(F)F)n2)CC1. The number of piperidine rings is 3. The molecule has 1 aliphatic carbocycles. The summed E-state index contributed by atoms with van der Waals surface area (Å²) in [4.78, 5) is 62.0. The van der Waals surface area contributed by atoms with E-state index in [1.54, 1.807) is 16.3 Å². The van der Waals surface area contributed by atoms with Gasteiger partial charge in [-0.05, 0) is 108 Å². The van der Waals surface area contributed by atoms with Gasteiger partial charge in [-0.15, -0.1) is 0 Å². The molecule has 0 radical (unpaired) electrons. The molecule has 4 N–H and O–H groups in total. The van der Waals surface area contributed by atoms with Crippen LogP contribution in [0.2, 0.25) is 0 Å². The molecule has 4 aliphatic rings. The smallest absolute Gasteiger partial charge is 0.329 e. The Labute approximate surface area is 378 Å². The van der Waals surface area contributed by atoms with E-state index in [9.17, 15) is 36.7 Å². The number of imide groups is 1. The maximum atomic E-state index is 14.3. The summed E-state index contributed by atoms with van der Waals surface area (Å²) in [7, 11) is 3.90. The predicted molar refractivity (Wildman–Crippen MR) is 238 cm³/mol. The molecule has 66 heavy (non-hydrogen) atoms. The highest BCUT2D eigenvalue weighted by molar-refractivity contribution is 6.08. The Hall–Kier alpha value is -5.67. The molecule has 17 nitrogen and oxygen atoms in total. The van der Waals surface area contributed by atoms with Crippen molar-refractivity contribution >= 4 is 45.9 Å². The first kappa shape index (κ1) is 45.5. The first-order valence-electron chi connectivity index (χ1n) is 23.0. The van der Waals surface area contributed by atoms with Gasteiger partial charge in [0.15, 0.2) is 11.3 Å². The number of carbonyl (C=O) groups is 3. The highest BCUT2D eigenvalue weighted by atomic mass is 19.3. The Morgan fingerprint density at radius 2 is 1.82 bits per heavy atom. The number of nitrogens with one attached hydrogen (secondary N) is 2. The number of aromatic nitrogens is 7. The Bertz CT molecular complexity index is 2660. The number of para-hydroxylation sites is 1. The summed E-state index contributed by atoms with van der Waals surface area (Å²) in [6.45, 7) is 4.10. The second-order valence-electron chi connectivity index (χ2n) is 18.9. The number of anilines is 2. The first-order valence-corrected chi connectivity index (χ1v) is 23.0. The van der Waals surface area contributed by atoms with Crippen molar-refractivity contribution in [2.24, 2.45) is 24.6 Å². The number of hydrogen-bond acceptors (Lipinski definition) is 11. The fourth-order valence-corrected chi connectivity index (χ4v) is 10.6. The van der Waals surface area contributed by atoms with E-state index in [1.807, 2.05) is 18.2 Å². The number of amides is 3. The Kier molecular flexibility index (Phi) is 12.8. The molecule has 3 amide bonds. The molecule has 7 heterocycles. The number of benzene rings is 1. The average Bonchev–Trinajstić information content (AvgIpc) is 3.97. The zero-order valence-corrected chi connectivity index (χ0v) is 37.2. The molecular formula is C45H57F4N13O4. The minimum Gasteiger partial charge on any atom is -0.349 e. The van der Waals surface area contributed by atoms with Gasteiger partial charge in [-0.3, -0.25) is 38.4 Å². The fourth-order valence-electron chi connectivity index (χ4n) is 10.6. The highest BCUT2D eigenvalue weighted by Crippen LogP contribution is 2.36. The Balaban J connectivity index is 0.743. The van der Waals surface area contributed by atoms with Crippen LogP contribution in [0, 0.1) is 11.8 Å². The van der Waals surface area contributed by atoms with Gasteiger partial charge in [0.25, 0.3) is 18.3 Å². The summed E-state index contributed by atoms with van der Waals surface area (Å²) in [6, 6.07) is 5.78.